The van der Waals surface area contributed by atoms with Gasteiger partial charge < -0.3 is 5.11 Å². The van der Waals surface area contributed by atoms with Gasteiger partial charge in [0.05, 0.1) is 17.0 Å². The van der Waals surface area contributed by atoms with Gasteiger partial charge in [-0.2, -0.15) is 5.10 Å². The van der Waals surface area contributed by atoms with Gasteiger partial charge in [0.2, 0.25) is 10.0 Å². The molecule has 0 aromatic carbocycles. The van der Waals surface area contributed by atoms with Crippen LogP contribution in [-0.4, -0.2) is 35.5 Å². The van der Waals surface area contributed by atoms with Crippen LogP contribution in [0.2, 0.25) is 0 Å². The Morgan fingerprint density at radius 3 is 2.47 bits per heavy atom. The third-order valence-electron chi connectivity index (χ3n) is 3.79. The van der Waals surface area contributed by atoms with Crippen molar-refractivity contribution in [1.29, 1.82) is 0 Å². The number of aromatic nitrogens is 2. The van der Waals surface area contributed by atoms with Crippen LogP contribution in [0.1, 0.15) is 31.2 Å². The van der Waals surface area contributed by atoms with Crippen LogP contribution in [0.3, 0.4) is 0 Å². The molecule has 1 atom stereocenters. The van der Waals surface area contributed by atoms with Crippen LogP contribution in [0.5, 0.6) is 0 Å². The van der Waals surface area contributed by atoms with Crippen molar-refractivity contribution in [2.75, 3.05) is 6.54 Å². The average molecular weight is 287 g/mol. The molecule has 7 heteroatoms. The first-order valence-electron chi connectivity index (χ1n) is 6.37. The zero-order chi connectivity index (χ0) is 14.4. The molecule has 1 heterocycles. The van der Waals surface area contributed by atoms with Gasteiger partial charge >= 0.3 is 0 Å². The number of nitrogens with one attached hydrogen (secondary N) is 1. The van der Waals surface area contributed by atoms with Gasteiger partial charge in [0.1, 0.15) is 4.90 Å². The normalized spacial score (nSPS) is 19.4. The van der Waals surface area contributed by atoms with Gasteiger partial charge in [-0.05, 0) is 39.5 Å². The zero-order valence-electron chi connectivity index (χ0n) is 11.8. The molecule has 0 unspecified atom stereocenters. The highest BCUT2D eigenvalue weighted by Gasteiger charge is 2.40. The summed E-state index contributed by atoms with van der Waals surface area (Å²) in [5.74, 6) is 0.200. The van der Waals surface area contributed by atoms with Crippen molar-refractivity contribution in [2.45, 2.75) is 44.1 Å². The Hall–Kier alpha value is -0.920. The summed E-state index contributed by atoms with van der Waals surface area (Å²) in [5.41, 5.74) is 0.0894. The minimum Gasteiger partial charge on any atom is -0.389 e. The SMILES string of the molecule is Cc1nn(C)c(C)c1S(=O)(=O)NC[C@](C)(O)C1CC1. The predicted molar refractivity (Wildman–Crippen MR) is 71.2 cm³/mol. The molecule has 108 valence electrons. The molecule has 1 aromatic rings. The lowest BCUT2D eigenvalue weighted by Gasteiger charge is -2.23. The third kappa shape index (κ3) is 2.82. The highest BCUT2D eigenvalue weighted by Crippen LogP contribution is 2.39. The maximum Gasteiger partial charge on any atom is 0.244 e. The molecule has 1 aliphatic rings. The quantitative estimate of drug-likeness (QED) is 0.825. The summed E-state index contributed by atoms with van der Waals surface area (Å²) in [4.78, 5) is 0.210. The Labute approximate surface area is 113 Å². The van der Waals surface area contributed by atoms with E-state index in [0.717, 1.165) is 12.8 Å². The van der Waals surface area contributed by atoms with Crippen LogP contribution in [0, 0.1) is 19.8 Å². The molecule has 0 bridgehead atoms. The van der Waals surface area contributed by atoms with Crippen molar-refractivity contribution in [3.63, 3.8) is 0 Å². The first kappa shape index (κ1) is 14.5. The Morgan fingerprint density at radius 1 is 1.47 bits per heavy atom. The minimum atomic E-state index is -3.63. The van der Waals surface area contributed by atoms with E-state index in [-0.39, 0.29) is 17.4 Å². The Kier molecular flexibility index (Phi) is 3.49. The first-order valence-corrected chi connectivity index (χ1v) is 7.86. The second-order valence-electron chi connectivity index (χ2n) is 5.58. The van der Waals surface area contributed by atoms with Crippen LogP contribution in [0.25, 0.3) is 0 Å². The third-order valence-corrected chi connectivity index (χ3v) is 5.44. The highest BCUT2D eigenvalue weighted by molar-refractivity contribution is 7.89. The minimum absolute atomic E-state index is 0.0355. The molecule has 6 nitrogen and oxygen atoms in total. The van der Waals surface area contributed by atoms with Crippen LogP contribution < -0.4 is 4.72 Å². The van der Waals surface area contributed by atoms with Crippen molar-refractivity contribution >= 4 is 10.0 Å². The molecular weight excluding hydrogens is 266 g/mol. The van der Waals surface area contributed by atoms with E-state index in [2.05, 4.69) is 9.82 Å². The molecule has 19 heavy (non-hydrogen) atoms. The molecule has 1 aromatic heterocycles. The van der Waals surface area contributed by atoms with E-state index in [4.69, 9.17) is 0 Å². The van der Waals surface area contributed by atoms with Gasteiger partial charge in [-0.15, -0.1) is 0 Å². The summed E-state index contributed by atoms with van der Waals surface area (Å²) in [6.45, 7) is 5.10. The summed E-state index contributed by atoms with van der Waals surface area (Å²) in [6, 6.07) is 0. The van der Waals surface area contributed by atoms with Crippen LogP contribution >= 0.6 is 0 Å². The van der Waals surface area contributed by atoms with Crippen molar-refractivity contribution < 1.29 is 13.5 Å². The largest absolute Gasteiger partial charge is 0.389 e. The Morgan fingerprint density at radius 2 is 2.05 bits per heavy atom. The summed E-state index contributed by atoms with van der Waals surface area (Å²) >= 11 is 0. The van der Waals surface area contributed by atoms with E-state index in [1.54, 1.807) is 32.5 Å². The fourth-order valence-electron chi connectivity index (χ4n) is 2.31. The number of rotatable bonds is 5. The summed E-state index contributed by atoms with van der Waals surface area (Å²) in [5, 5.41) is 14.3. The maximum absolute atomic E-state index is 12.3. The standard InChI is InChI=1S/C12H21N3O3S/c1-8-11(9(2)15(4)14-8)19(17,18)13-7-12(3,16)10-5-6-10/h10,13,16H,5-7H2,1-4H3/t12-/m0/s1. The molecule has 1 fully saturated rings. The molecule has 0 radical (unpaired) electrons. The van der Waals surface area contributed by atoms with Crippen LogP contribution in [0.15, 0.2) is 4.90 Å². The number of hydrogen-bond acceptors (Lipinski definition) is 4. The summed E-state index contributed by atoms with van der Waals surface area (Å²) in [7, 11) is -1.92. The lowest BCUT2D eigenvalue weighted by molar-refractivity contribution is 0.0422. The van der Waals surface area contributed by atoms with Gasteiger partial charge in [-0.25, -0.2) is 13.1 Å². The second-order valence-corrected chi connectivity index (χ2v) is 7.28. The van der Waals surface area contributed by atoms with E-state index in [1.165, 1.54) is 0 Å². The monoisotopic (exact) mass is 287 g/mol. The fourth-order valence-corrected chi connectivity index (χ4v) is 3.88. The fraction of sp³-hybridized carbons (Fsp3) is 0.750. The Bertz CT molecular complexity index is 586. The van der Waals surface area contributed by atoms with E-state index in [0.29, 0.717) is 11.4 Å². The zero-order valence-corrected chi connectivity index (χ0v) is 12.6. The molecule has 1 saturated carbocycles. The average Bonchev–Trinajstić information content (AvgIpc) is 3.07. The van der Waals surface area contributed by atoms with Gasteiger partial charge in [0.15, 0.2) is 0 Å². The van der Waals surface area contributed by atoms with Gasteiger partial charge in [-0.1, -0.05) is 0 Å². The molecule has 2 rings (SSSR count). The first-order chi connectivity index (χ1) is 8.65. The van der Waals surface area contributed by atoms with E-state index in [1.807, 2.05) is 0 Å². The highest BCUT2D eigenvalue weighted by atomic mass is 32.2. The molecule has 2 N–H and O–H groups in total. The number of nitrogens with zero attached hydrogens (tertiary/aromatic N) is 2. The molecule has 0 spiro atoms. The molecule has 0 amide bonds. The van der Waals surface area contributed by atoms with Gasteiger partial charge in [0.25, 0.3) is 0 Å². The lowest BCUT2D eigenvalue weighted by Crippen LogP contribution is -2.42. The molecule has 1 aliphatic carbocycles. The molecule has 0 aliphatic heterocycles. The lowest BCUT2D eigenvalue weighted by atomic mass is 10.0. The van der Waals surface area contributed by atoms with Crippen LogP contribution in [-0.2, 0) is 17.1 Å². The van der Waals surface area contributed by atoms with E-state index in [9.17, 15) is 13.5 Å². The van der Waals surface area contributed by atoms with Crippen molar-refractivity contribution in [3.8, 4) is 0 Å². The number of hydrogen-bond donors (Lipinski definition) is 2. The number of aryl methyl sites for hydroxylation is 2. The van der Waals surface area contributed by atoms with E-state index >= 15 is 0 Å². The van der Waals surface area contributed by atoms with E-state index < -0.39 is 15.6 Å². The van der Waals surface area contributed by atoms with Crippen molar-refractivity contribution in [3.05, 3.63) is 11.4 Å². The Balaban J connectivity index is 2.18. The number of aliphatic hydroxyl groups is 1. The van der Waals surface area contributed by atoms with Gasteiger partial charge in [-0.3, -0.25) is 4.68 Å². The summed E-state index contributed by atoms with van der Waals surface area (Å²) in [6.07, 6.45) is 1.92. The predicted octanol–water partition coefficient (Wildman–Crippen LogP) is 0.476. The molecular formula is C12H21N3O3S. The smallest absolute Gasteiger partial charge is 0.244 e. The topological polar surface area (TPSA) is 84.2 Å². The molecule has 0 saturated heterocycles. The summed E-state index contributed by atoms with van der Waals surface area (Å²) < 4.78 is 28.6. The van der Waals surface area contributed by atoms with Gasteiger partial charge in [0, 0.05) is 13.6 Å². The van der Waals surface area contributed by atoms with Crippen LogP contribution in [0.4, 0.5) is 0 Å². The maximum atomic E-state index is 12.3. The van der Waals surface area contributed by atoms with Crippen molar-refractivity contribution in [2.24, 2.45) is 13.0 Å². The second kappa shape index (κ2) is 4.57. The number of sulfonamides is 1. The van der Waals surface area contributed by atoms with Crippen molar-refractivity contribution in [1.82, 2.24) is 14.5 Å².